The van der Waals surface area contributed by atoms with Crippen LogP contribution in [-0.4, -0.2) is 36.9 Å². The molecule has 2 N–H and O–H groups in total. The summed E-state index contributed by atoms with van der Waals surface area (Å²) in [6, 6.07) is 5.49. The van der Waals surface area contributed by atoms with Crippen LogP contribution in [0, 0.1) is 6.92 Å². The summed E-state index contributed by atoms with van der Waals surface area (Å²) in [6.45, 7) is 2.94. The largest absolute Gasteiger partial charge is 0.383 e. The summed E-state index contributed by atoms with van der Waals surface area (Å²) < 4.78 is 1.38. The van der Waals surface area contributed by atoms with E-state index in [1.807, 2.05) is 19.1 Å². The highest BCUT2D eigenvalue weighted by Crippen LogP contribution is 2.36. The van der Waals surface area contributed by atoms with Gasteiger partial charge in [0.05, 0.1) is 29.2 Å². The smallest absolute Gasteiger partial charge is 0.261 e. The summed E-state index contributed by atoms with van der Waals surface area (Å²) in [4.78, 5) is 42.1. The van der Waals surface area contributed by atoms with E-state index in [0.29, 0.717) is 36.2 Å². The summed E-state index contributed by atoms with van der Waals surface area (Å²) in [5.41, 5.74) is 8.57. The van der Waals surface area contributed by atoms with Crippen LogP contribution in [0.3, 0.4) is 0 Å². The summed E-state index contributed by atoms with van der Waals surface area (Å²) in [7, 11) is 0. The fraction of sp³-hybridized carbons (Fsp3) is 0.250. The van der Waals surface area contributed by atoms with Gasteiger partial charge in [-0.1, -0.05) is 12.1 Å². The number of fused-ring (bicyclic) bond motifs is 4. The highest BCUT2D eigenvalue weighted by Gasteiger charge is 2.26. The molecule has 0 bridgehead atoms. The second-order valence-corrected chi connectivity index (χ2v) is 8.24. The highest BCUT2D eigenvalue weighted by atomic mass is 32.1. The van der Waals surface area contributed by atoms with Crippen LogP contribution in [0.5, 0.6) is 0 Å². The molecule has 1 aliphatic heterocycles. The number of para-hydroxylation sites is 1. The first kappa shape index (κ1) is 17.7. The van der Waals surface area contributed by atoms with Crippen LogP contribution >= 0.6 is 11.3 Å². The fourth-order valence-electron chi connectivity index (χ4n) is 3.86. The third-order valence-corrected chi connectivity index (χ3v) is 6.50. The molecule has 0 unspecified atom stereocenters. The zero-order valence-corrected chi connectivity index (χ0v) is 16.6. The second-order valence-electron chi connectivity index (χ2n) is 7.16. The minimum Gasteiger partial charge on any atom is -0.383 e. The normalized spacial score (nSPS) is 13.8. The van der Waals surface area contributed by atoms with E-state index in [4.69, 9.17) is 5.73 Å². The summed E-state index contributed by atoms with van der Waals surface area (Å²) in [6.07, 6.45) is 3.62. The second kappa shape index (κ2) is 6.63. The van der Waals surface area contributed by atoms with E-state index in [0.717, 1.165) is 26.2 Å². The first-order chi connectivity index (χ1) is 14.0. The number of thiophene rings is 1. The number of aromatic nitrogens is 4. The van der Waals surface area contributed by atoms with Gasteiger partial charge in [-0.15, -0.1) is 11.3 Å². The van der Waals surface area contributed by atoms with Gasteiger partial charge in [0.25, 0.3) is 5.56 Å². The Hall–Kier alpha value is -3.33. The maximum atomic E-state index is 12.9. The third-order valence-electron chi connectivity index (χ3n) is 5.38. The first-order valence-electron chi connectivity index (χ1n) is 9.26. The Kier molecular flexibility index (Phi) is 4.06. The van der Waals surface area contributed by atoms with E-state index in [1.165, 1.54) is 17.2 Å². The highest BCUT2D eigenvalue weighted by molar-refractivity contribution is 7.19. The molecule has 3 aromatic heterocycles. The molecule has 8 nitrogen and oxygen atoms in total. The van der Waals surface area contributed by atoms with Crippen molar-refractivity contribution in [1.29, 1.82) is 0 Å². The number of benzene rings is 1. The molecule has 5 rings (SSSR count). The van der Waals surface area contributed by atoms with Crippen LogP contribution in [-0.2, 0) is 24.3 Å². The molecular weight excluding hydrogens is 388 g/mol. The Morgan fingerprint density at radius 1 is 1.28 bits per heavy atom. The number of nitrogen functional groups attached to an aromatic ring is 1. The van der Waals surface area contributed by atoms with Gasteiger partial charge in [0.1, 0.15) is 23.5 Å². The van der Waals surface area contributed by atoms with Crippen LogP contribution in [0.4, 0.5) is 5.82 Å². The maximum Gasteiger partial charge on any atom is 0.261 e. The predicted octanol–water partition coefficient (Wildman–Crippen LogP) is 1.88. The zero-order chi connectivity index (χ0) is 20.1. The number of nitrogens with zero attached hydrogens (tertiary/aromatic N) is 5. The minimum atomic E-state index is -0.199. The Morgan fingerprint density at radius 2 is 2.14 bits per heavy atom. The van der Waals surface area contributed by atoms with Crippen molar-refractivity contribution in [3.63, 3.8) is 0 Å². The Balaban J connectivity index is 1.42. The lowest BCUT2D eigenvalue weighted by molar-refractivity contribution is -0.132. The lowest BCUT2D eigenvalue weighted by Crippen LogP contribution is -2.39. The number of nitrogens with two attached hydrogens (primary N) is 1. The van der Waals surface area contributed by atoms with Gasteiger partial charge in [0.2, 0.25) is 5.91 Å². The molecule has 4 aromatic rings. The van der Waals surface area contributed by atoms with Crippen molar-refractivity contribution >= 4 is 44.2 Å². The van der Waals surface area contributed by atoms with E-state index in [9.17, 15) is 9.59 Å². The van der Waals surface area contributed by atoms with Crippen LogP contribution in [0.2, 0.25) is 0 Å². The molecule has 0 aliphatic carbocycles. The summed E-state index contributed by atoms with van der Waals surface area (Å²) in [5.74, 6) is 0.374. The van der Waals surface area contributed by atoms with Crippen LogP contribution in [0.15, 0.2) is 35.6 Å². The molecule has 0 spiro atoms. The number of hydrogen-bond acceptors (Lipinski definition) is 7. The van der Waals surface area contributed by atoms with Gasteiger partial charge in [-0.05, 0) is 30.5 Å². The number of carbonyl (C=O) groups excluding carboxylic acids is 1. The van der Waals surface area contributed by atoms with Gasteiger partial charge < -0.3 is 10.6 Å². The molecule has 0 radical (unpaired) electrons. The average molecular weight is 406 g/mol. The molecular formula is C20H18N6O2S. The van der Waals surface area contributed by atoms with Crippen LogP contribution in [0.25, 0.3) is 21.1 Å². The molecule has 0 atom stereocenters. The quantitative estimate of drug-likeness (QED) is 0.545. The number of carbonyl (C=O) groups is 1. The molecule has 9 heteroatoms. The molecule has 4 heterocycles. The number of hydrogen-bond donors (Lipinski definition) is 1. The molecule has 29 heavy (non-hydrogen) atoms. The molecule has 1 amide bonds. The van der Waals surface area contributed by atoms with Gasteiger partial charge in [0, 0.05) is 11.4 Å². The standard InChI is InChI=1S/C20H18N6O2S/c1-11-3-2-4-13-17(11)24-10-26(20(13)28)8-15(27)25-6-5-12-14(7-25)29-19-16(12)18(21)22-9-23-19/h2-4,9-10H,5-8H2,1H3,(H2,21,22,23). The van der Waals surface area contributed by atoms with E-state index >= 15 is 0 Å². The summed E-state index contributed by atoms with van der Waals surface area (Å²) >= 11 is 1.54. The molecule has 1 aromatic carbocycles. The van der Waals surface area contributed by atoms with E-state index in [2.05, 4.69) is 15.0 Å². The first-order valence-corrected chi connectivity index (χ1v) is 10.1. The lowest BCUT2D eigenvalue weighted by atomic mass is 10.0. The fourth-order valence-corrected chi connectivity index (χ4v) is 5.07. The van der Waals surface area contributed by atoms with Crippen molar-refractivity contribution in [3.8, 4) is 0 Å². The molecule has 0 saturated heterocycles. The van der Waals surface area contributed by atoms with Gasteiger partial charge >= 0.3 is 0 Å². The maximum absolute atomic E-state index is 12.9. The van der Waals surface area contributed by atoms with Crippen LogP contribution in [0.1, 0.15) is 16.0 Å². The number of aryl methyl sites for hydroxylation is 1. The SMILES string of the molecule is Cc1cccc2c(=O)n(CC(=O)N3CCc4c(sc5ncnc(N)c45)C3)cnc12. The van der Waals surface area contributed by atoms with Crippen molar-refractivity contribution in [2.75, 3.05) is 12.3 Å². The Morgan fingerprint density at radius 3 is 3.00 bits per heavy atom. The van der Waals surface area contributed by atoms with Crippen LogP contribution < -0.4 is 11.3 Å². The monoisotopic (exact) mass is 406 g/mol. The van der Waals surface area contributed by atoms with E-state index in [1.54, 1.807) is 22.3 Å². The van der Waals surface area contributed by atoms with Crippen molar-refractivity contribution < 1.29 is 4.79 Å². The number of amides is 1. The number of rotatable bonds is 2. The number of anilines is 1. The molecule has 146 valence electrons. The van der Waals surface area contributed by atoms with Gasteiger partial charge in [-0.3, -0.25) is 14.2 Å². The molecule has 0 fully saturated rings. The average Bonchev–Trinajstić information content (AvgIpc) is 3.09. The van der Waals surface area contributed by atoms with Gasteiger partial charge in [-0.25, -0.2) is 15.0 Å². The zero-order valence-electron chi connectivity index (χ0n) is 15.8. The predicted molar refractivity (Wildman–Crippen MR) is 112 cm³/mol. The Labute approximate surface area is 169 Å². The van der Waals surface area contributed by atoms with E-state index in [-0.39, 0.29) is 18.0 Å². The summed E-state index contributed by atoms with van der Waals surface area (Å²) in [5, 5.41) is 1.43. The van der Waals surface area contributed by atoms with Crippen molar-refractivity contribution in [1.82, 2.24) is 24.4 Å². The van der Waals surface area contributed by atoms with Gasteiger partial charge in [-0.2, -0.15) is 0 Å². The van der Waals surface area contributed by atoms with Crippen molar-refractivity contribution in [2.45, 2.75) is 26.4 Å². The molecule has 0 saturated carbocycles. The van der Waals surface area contributed by atoms with Crippen molar-refractivity contribution in [2.24, 2.45) is 0 Å². The van der Waals surface area contributed by atoms with Gasteiger partial charge in [0.15, 0.2) is 0 Å². The van der Waals surface area contributed by atoms with E-state index < -0.39 is 0 Å². The molecule has 1 aliphatic rings. The minimum absolute atomic E-state index is 0.0299. The van der Waals surface area contributed by atoms with Crippen molar-refractivity contribution in [3.05, 3.63) is 57.2 Å². The Bertz CT molecular complexity index is 1340. The lowest BCUT2D eigenvalue weighted by Gasteiger charge is -2.27. The topological polar surface area (TPSA) is 107 Å². The third kappa shape index (κ3) is 2.85.